The molecule has 0 radical (unpaired) electrons. The Labute approximate surface area is 118 Å². The van der Waals surface area contributed by atoms with Crippen LogP contribution in [0, 0.1) is 0 Å². The van der Waals surface area contributed by atoms with Gasteiger partial charge in [0.05, 0.1) is 5.56 Å². The number of aryl methyl sites for hydroxylation is 2. The van der Waals surface area contributed by atoms with Crippen molar-refractivity contribution in [3.63, 3.8) is 0 Å². The SMILES string of the molecule is CCCCc1nc(O)c(CCc2ccccc2)c(=O)[nH]1. The third-order valence-corrected chi connectivity index (χ3v) is 3.32. The van der Waals surface area contributed by atoms with Gasteiger partial charge in [-0.25, -0.2) is 4.98 Å². The van der Waals surface area contributed by atoms with E-state index in [1.165, 1.54) is 0 Å². The first-order chi connectivity index (χ1) is 9.70. The highest BCUT2D eigenvalue weighted by Gasteiger charge is 2.10. The molecule has 4 nitrogen and oxygen atoms in total. The molecular formula is C16H20N2O2. The summed E-state index contributed by atoms with van der Waals surface area (Å²) >= 11 is 0. The molecule has 1 heterocycles. The summed E-state index contributed by atoms with van der Waals surface area (Å²) in [7, 11) is 0. The van der Waals surface area contributed by atoms with E-state index in [2.05, 4.69) is 16.9 Å². The number of hydrogen-bond acceptors (Lipinski definition) is 3. The number of benzene rings is 1. The van der Waals surface area contributed by atoms with Crippen molar-refractivity contribution in [3.05, 3.63) is 57.6 Å². The van der Waals surface area contributed by atoms with Crippen LogP contribution in [0.5, 0.6) is 5.88 Å². The van der Waals surface area contributed by atoms with Gasteiger partial charge in [-0.3, -0.25) is 4.79 Å². The van der Waals surface area contributed by atoms with Crippen molar-refractivity contribution < 1.29 is 5.11 Å². The molecule has 106 valence electrons. The molecule has 4 heteroatoms. The summed E-state index contributed by atoms with van der Waals surface area (Å²) in [6, 6.07) is 9.90. The molecule has 0 saturated carbocycles. The number of aromatic nitrogens is 2. The number of rotatable bonds is 6. The van der Waals surface area contributed by atoms with Gasteiger partial charge in [-0.1, -0.05) is 43.7 Å². The molecule has 2 aromatic rings. The Balaban J connectivity index is 2.10. The Morgan fingerprint density at radius 3 is 2.55 bits per heavy atom. The molecule has 2 N–H and O–H groups in total. The molecule has 20 heavy (non-hydrogen) atoms. The normalized spacial score (nSPS) is 10.7. The van der Waals surface area contributed by atoms with E-state index < -0.39 is 0 Å². The van der Waals surface area contributed by atoms with Crippen molar-refractivity contribution in [2.75, 3.05) is 0 Å². The summed E-state index contributed by atoms with van der Waals surface area (Å²) in [5.74, 6) is 0.439. The Bertz CT molecular complexity index is 606. The summed E-state index contributed by atoms with van der Waals surface area (Å²) in [4.78, 5) is 18.8. The van der Waals surface area contributed by atoms with Gasteiger partial charge in [-0.2, -0.15) is 0 Å². The van der Waals surface area contributed by atoms with Crippen LogP contribution in [0.1, 0.15) is 36.7 Å². The molecule has 1 aromatic carbocycles. The van der Waals surface area contributed by atoms with Crippen LogP contribution in [-0.4, -0.2) is 15.1 Å². The fourth-order valence-corrected chi connectivity index (χ4v) is 2.13. The number of aromatic amines is 1. The maximum absolute atomic E-state index is 12.0. The molecule has 0 saturated heterocycles. The lowest BCUT2D eigenvalue weighted by molar-refractivity contribution is 0.438. The first-order valence-corrected chi connectivity index (χ1v) is 7.05. The summed E-state index contributed by atoms with van der Waals surface area (Å²) < 4.78 is 0. The molecule has 0 aliphatic heterocycles. The van der Waals surface area contributed by atoms with E-state index in [0.29, 0.717) is 30.7 Å². The average Bonchev–Trinajstić information content (AvgIpc) is 2.45. The quantitative estimate of drug-likeness (QED) is 0.849. The summed E-state index contributed by atoms with van der Waals surface area (Å²) in [6.45, 7) is 2.08. The number of hydrogen-bond donors (Lipinski definition) is 2. The zero-order chi connectivity index (χ0) is 14.4. The van der Waals surface area contributed by atoms with Crippen molar-refractivity contribution in [2.45, 2.75) is 39.0 Å². The third kappa shape index (κ3) is 3.70. The van der Waals surface area contributed by atoms with E-state index in [0.717, 1.165) is 18.4 Å². The predicted octanol–water partition coefficient (Wildman–Crippen LogP) is 2.60. The van der Waals surface area contributed by atoms with Crippen molar-refractivity contribution in [3.8, 4) is 5.88 Å². The van der Waals surface area contributed by atoms with Crippen LogP contribution in [0.15, 0.2) is 35.1 Å². The van der Waals surface area contributed by atoms with Crippen LogP contribution in [0.3, 0.4) is 0 Å². The molecule has 0 unspecified atom stereocenters. The summed E-state index contributed by atoms with van der Waals surface area (Å²) in [5.41, 5.74) is 1.29. The maximum Gasteiger partial charge on any atom is 0.257 e. The number of aromatic hydroxyl groups is 1. The number of unbranched alkanes of at least 4 members (excludes halogenated alkanes) is 1. The highest BCUT2D eigenvalue weighted by Crippen LogP contribution is 2.13. The zero-order valence-electron chi connectivity index (χ0n) is 11.7. The van der Waals surface area contributed by atoms with E-state index >= 15 is 0 Å². The Morgan fingerprint density at radius 1 is 1.15 bits per heavy atom. The topological polar surface area (TPSA) is 66.0 Å². The largest absolute Gasteiger partial charge is 0.493 e. The lowest BCUT2D eigenvalue weighted by Gasteiger charge is -2.06. The van der Waals surface area contributed by atoms with Crippen molar-refractivity contribution in [1.82, 2.24) is 9.97 Å². The molecule has 0 aliphatic rings. The minimum Gasteiger partial charge on any atom is -0.493 e. The van der Waals surface area contributed by atoms with Crippen molar-refractivity contribution in [1.29, 1.82) is 0 Å². The second-order valence-electron chi connectivity index (χ2n) is 4.90. The minimum absolute atomic E-state index is 0.129. The lowest BCUT2D eigenvalue weighted by atomic mass is 10.1. The van der Waals surface area contributed by atoms with E-state index in [9.17, 15) is 9.90 Å². The van der Waals surface area contributed by atoms with Crippen molar-refractivity contribution >= 4 is 0 Å². The fraction of sp³-hybridized carbons (Fsp3) is 0.375. The Hall–Kier alpha value is -2.10. The first kappa shape index (κ1) is 14.3. The molecular weight excluding hydrogens is 252 g/mol. The molecule has 0 aliphatic carbocycles. The summed E-state index contributed by atoms with van der Waals surface area (Å²) in [5, 5.41) is 9.92. The van der Waals surface area contributed by atoms with Crippen LogP contribution in [0.4, 0.5) is 0 Å². The average molecular weight is 272 g/mol. The number of H-pyrrole nitrogens is 1. The van der Waals surface area contributed by atoms with Crippen LogP contribution < -0.4 is 5.56 Å². The van der Waals surface area contributed by atoms with E-state index in [-0.39, 0.29) is 11.4 Å². The zero-order valence-corrected chi connectivity index (χ0v) is 11.7. The van der Waals surface area contributed by atoms with Crippen molar-refractivity contribution in [2.24, 2.45) is 0 Å². The van der Waals surface area contributed by atoms with Gasteiger partial charge in [0.1, 0.15) is 5.82 Å². The molecule has 0 atom stereocenters. The fourth-order valence-electron chi connectivity index (χ4n) is 2.13. The van der Waals surface area contributed by atoms with Gasteiger partial charge in [0.15, 0.2) is 0 Å². The van der Waals surface area contributed by atoms with E-state index in [4.69, 9.17) is 0 Å². The summed E-state index contributed by atoms with van der Waals surface area (Å²) in [6.07, 6.45) is 3.88. The monoisotopic (exact) mass is 272 g/mol. The number of nitrogens with zero attached hydrogens (tertiary/aromatic N) is 1. The second-order valence-corrected chi connectivity index (χ2v) is 4.90. The van der Waals surface area contributed by atoms with Gasteiger partial charge < -0.3 is 10.1 Å². The minimum atomic E-state index is -0.223. The van der Waals surface area contributed by atoms with Crippen LogP contribution >= 0.6 is 0 Å². The van der Waals surface area contributed by atoms with Gasteiger partial charge in [-0.15, -0.1) is 0 Å². The molecule has 0 fully saturated rings. The van der Waals surface area contributed by atoms with Crippen LogP contribution in [0.2, 0.25) is 0 Å². The molecule has 2 rings (SSSR count). The maximum atomic E-state index is 12.0. The second kappa shape index (κ2) is 6.89. The van der Waals surface area contributed by atoms with Gasteiger partial charge in [-0.05, 0) is 24.8 Å². The highest BCUT2D eigenvalue weighted by atomic mass is 16.3. The predicted molar refractivity (Wildman–Crippen MR) is 79.0 cm³/mol. The van der Waals surface area contributed by atoms with Gasteiger partial charge in [0.2, 0.25) is 5.88 Å². The van der Waals surface area contributed by atoms with Gasteiger partial charge >= 0.3 is 0 Å². The highest BCUT2D eigenvalue weighted by molar-refractivity contribution is 5.25. The third-order valence-electron chi connectivity index (χ3n) is 3.32. The molecule has 1 aromatic heterocycles. The number of nitrogens with one attached hydrogen (secondary N) is 1. The van der Waals surface area contributed by atoms with E-state index in [1.807, 2.05) is 30.3 Å². The van der Waals surface area contributed by atoms with Crippen LogP contribution in [0.25, 0.3) is 0 Å². The lowest BCUT2D eigenvalue weighted by Crippen LogP contribution is -2.17. The van der Waals surface area contributed by atoms with Crippen LogP contribution in [-0.2, 0) is 19.3 Å². The molecule has 0 bridgehead atoms. The Kier molecular flexibility index (Phi) is 4.93. The molecule has 0 amide bonds. The standard InChI is InChI=1S/C16H20N2O2/c1-2-3-9-14-17-15(19)13(16(20)18-14)11-10-12-7-5-4-6-8-12/h4-8H,2-3,9-11H2,1H3,(H2,17,18,19,20). The Morgan fingerprint density at radius 2 is 1.90 bits per heavy atom. The van der Waals surface area contributed by atoms with E-state index in [1.54, 1.807) is 0 Å². The van der Waals surface area contributed by atoms with Gasteiger partial charge in [0, 0.05) is 6.42 Å². The smallest absolute Gasteiger partial charge is 0.257 e. The molecule has 0 spiro atoms. The first-order valence-electron chi connectivity index (χ1n) is 7.05. The van der Waals surface area contributed by atoms with Gasteiger partial charge in [0.25, 0.3) is 5.56 Å².